The fraction of sp³-hybridized carbons (Fsp3) is 0.816. The zero-order valence-corrected chi connectivity index (χ0v) is 28.8. The predicted octanol–water partition coefficient (Wildman–Crippen LogP) is 10.8. The van der Waals surface area contributed by atoms with Crippen LogP contribution >= 0.6 is 0 Å². The summed E-state index contributed by atoms with van der Waals surface area (Å²) < 4.78 is 5.86. The highest BCUT2D eigenvalue weighted by Crippen LogP contribution is 2.15. The van der Waals surface area contributed by atoms with Crippen LogP contribution in [0.3, 0.4) is 0 Å². The van der Waals surface area contributed by atoms with Crippen LogP contribution in [0.25, 0.3) is 0 Å². The Morgan fingerprint density at radius 3 is 1.59 bits per heavy atom. The maximum atomic E-state index is 12.6. The van der Waals surface area contributed by atoms with Gasteiger partial charge in [-0.15, -0.1) is 0 Å². The molecule has 1 amide bonds. The van der Waals surface area contributed by atoms with Crippen LogP contribution < -0.4 is 5.32 Å². The van der Waals surface area contributed by atoms with Gasteiger partial charge >= 0.3 is 11.9 Å². The Morgan fingerprint density at radius 2 is 1.05 bits per heavy atom. The standard InChI is InChI=1S/C38H69NO5/c1-3-5-7-9-11-12-13-14-15-16-17-18-19-21-23-29-33-38(43)44-35(30-26-22-20-10-8-6-4-2)31-27-24-25-28-32-36(40)39-34-37(41)42/h15-16,26,30,35H,3-14,17-25,27-29,31-34H2,1-2H3,(H,39,40)(H,41,42)/b16-15-,30-26-. The highest BCUT2D eigenvalue weighted by atomic mass is 16.5. The number of carboxylic acid groups (broad SMARTS) is 1. The number of carbonyl (C=O) groups excluding carboxylic acids is 2. The van der Waals surface area contributed by atoms with Crippen molar-refractivity contribution < 1.29 is 24.2 Å². The number of hydrogen-bond acceptors (Lipinski definition) is 4. The lowest BCUT2D eigenvalue weighted by Crippen LogP contribution is -2.28. The van der Waals surface area contributed by atoms with Gasteiger partial charge in [-0.05, 0) is 70.3 Å². The van der Waals surface area contributed by atoms with Crippen molar-refractivity contribution in [3.05, 3.63) is 24.3 Å². The molecule has 1 atom stereocenters. The minimum atomic E-state index is -1.03. The number of rotatable bonds is 33. The van der Waals surface area contributed by atoms with Gasteiger partial charge in [0.05, 0.1) is 0 Å². The molecule has 2 N–H and O–H groups in total. The number of ether oxygens (including phenoxy) is 1. The molecule has 0 aromatic carbocycles. The third kappa shape index (κ3) is 32.8. The minimum absolute atomic E-state index is 0.0917. The number of allylic oxidation sites excluding steroid dienone is 3. The second kappa shape index (κ2) is 33.8. The van der Waals surface area contributed by atoms with E-state index in [1.54, 1.807) is 0 Å². The van der Waals surface area contributed by atoms with Crippen molar-refractivity contribution in [2.45, 2.75) is 193 Å². The first-order valence-corrected chi connectivity index (χ1v) is 18.5. The van der Waals surface area contributed by atoms with E-state index in [-0.39, 0.29) is 24.5 Å². The van der Waals surface area contributed by atoms with E-state index in [1.165, 1.54) is 109 Å². The van der Waals surface area contributed by atoms with Gasteiger partial charge in [-0.3, -0.25) is 14.4 Å². The number of unbranched alkanes of at least 4 members (excludes halogenated alkanes) is 20. The van der Waals surface area contributed by atoms with Crippen LogP contribution in [0.15, 0.2) is 24.3 Å². The van der Waals surface area contributed by atoms with E-state index in [0.29, 0.717) is 12.8 Å². The Morgan fingerprint density at radius 1 is 0.591 bits per heavy atom. The van der Waals surface area contributed by atoms with Gasteiger partial charge in [-0.1, -0.05) is 128 Å². The highest BCUT2D eigenvalue weighted by Gasteiger charge is 2.12. The van der Waals surface area contributed by atoms with Gasteiger partial charge in [0.15, 0.2) is 0 Å². The number of aliphatic carboxylic acids is 1. The first kappa shape index (κ1) is 41.9. The van der Waals surface area contributed by atoms with Gasteiger partial charge in [0.25, 0.3) is 0 Å². The fourth-order valence-corrected chi connectivity index (χ4v) is 5.30. The molecule has 0 bridgehead atoms. The molecule has 0 rings (SSSR count). The van der Waals surface area contributed by atoms with Gasteiger partial charge in [0.1, 0.15) is 12.6 Å². The Balaban J connectivity index is 4.09. The topological polar surface area (TPSA) is 92.7 Å². The molecule has 44 heavy (non-hydrogen) atoms. The number of hydrogen-bond donors (Lipinski definition) is 2. The molecule has 0 aliphatic heterocycles. The third-order valence-corrected chi connectivity index (χ3v) is 8.08. The normalized spacial score (nSPS) is 12.2. The van der Waals surface area contributed by atoms with Crippen LogP contribution in [0.2, 0.25) is 0 Å². The van der Waals surface area contributed by atoms with Crippen LogP contribution in [0.5, 0.6) is 0 Å². The van der Waals surface area contributed by atoms with Crippen LogP contribution in [0.4, 0.5) is 0 Å². The molecule has 0 aliphatic rings. The largest absolute Gasteiger partial charge is 0.480 e. The average molecular weight is 620 g/mol. The third-order valence-electron chi connectivity index (χ3n) is 8.08. The second-order valence-corrected chi connectivity index (χ2v) is 12.5. The summed E-state index contributed by atoms with van der Waals surface area (Å²) in [7, 11) is 0. The number of nitrogens with one attached hydrogen (secondary N) is 1. The predicted molar refractivity (Wildman–Crippen MR) is 185 cm³/mol. The van der Waals surface area contributed by atoms with Crippen LogP contribution in [-0.2, 0) is 19.1 Å². The summed E-state index contributed by atoms with van der Waals surface area (Å²) in [6.45, 7) is 4.17. The van der Waals surface area contributed by atoms with Crippen molar-refractivity contribution in [1.82, 2.24) is 5.32 Å². The van der Waals surface area contributed by atoms with Crippen LogP contribution in [-0.4, -0.2) is 35.6 Å². The summed E-state index contributed by atoms with van der Waals surface area (Å²) in [5, 5.41) is 11.0. The minimum Gasteiger partial charge on any atom is -0.480 e. The molecule has 0 saturated carbocycles. The average Bonchev–Trinajstić information content (AvgIpc) is 3.00. The molecule has 0 fully saturated rings. The molecule has 256 valence electrons. The molecule has 0 aromatic heterocycles. The SMILES string of the molecule is CCCCCCC/C=C\C(CCCCCCC(=O)NCC(=O)O)OC(=O)CCCCCCC/C=C\CCCCCCCCC. The maximum Gasteiger partial charge on any atom is 0.322 e. The van der Waals surface area contributed by atoms with E-state index < -0.39 is 5.97 Å². The summed E-state index contributed by atoms with van der Waals surface area (Å²) in [5.41, 5.74) is 0. The van der Waals surface area contributed by atoms with Gasteiger partial charge in [0, 0.05) is 12.8 Å². The van der Waals surface area contributed by atoms with E-state index in [0.717, 1.165) is 51.4 Å². The quantitative estimate of drug-likeness (QED) is 0.0433. The van der Waals surface area contributed by atoms with Crippen molar-refractivity contribution in [2.75, 3.05) is 6.54 Å². The summed E-state index contributed by atoms with van der Waals surface area (Å²) >= 11 is 0. The van der Waals surface area contributed by atoms with E-state index >= 15 is 0 Å². The molecular formula is C38H69NO5. The van der Waals surface area contributed by atoms with Crippen LogP contribution in [0.1, 0.15) is 187 Å². The number of esters is 1. The number of carbonyl (C=O) groups is 3. The van der Waals surface area contributed by atoms with Crippen molar-refractivity contribution in [1.29, 1.82) is 0 Å². The number of carboxylic acids is 1. The van der Waals surface area contributed by atoms with Gasteiger partial charge < -0.3 is 15.2 Å². The van der Waals surface area contributed by atoms with Crippen molar-refractivity contribution in [3.63, 3.8) is 0 Å². The van der Waals surface area contributed by atoms with Crippen molar-refractivity contribution >= 4 is 17.8 Å². The zero-order chi connectivity index (χ0) is 32.4. The molecule has 6 heteroatoms. The Kier molecular flexibility index (Phi) is 32.2. The summed E-state index contributed by atoms with van der Waals surface area (Å²) in [4.78, 5) is 34.8. The van der Waals surface area contributed by atoms with E-state index in [1.807, 2.05) is 0 Å². The summed E-state index contributed by atoms with van der Waals surface area (Å²) in [6.07, 6.45) is 38.8. The van der Waals surface area contributed by atoms with Crippen LogP contribution in [0, 0.1) is 0 Å². The summed E-state index contributed by atoms with van der Waals surface area (Å²) in [6, 6.07) is 0. The molecule has 0 aliphatic carbocycles. The first-order valence-electron chi connectivity index (χ1n) is 18.5. The van der Waals surface area contributed by atoms with Gasteiger partial charge in [-0.2, -0.15) is 0 Å². The molecular weight excluding hydrogens is 550 g/mol. The molecule has 6 nitrogen and oxygen atoms in total. The first-order chi connectivity index (χ1) is 21.5. The lowest BCUT2D eigenvalue weighted by atomic mass is 10.1. The summed E-state index contributed by atoms with van der Waals surface area (Å²) in [5.74, 6) is -1.33. The van der Waals surface area contributed by atoms with Crippen molar-refractivity contribution in [3.8, 4) is 0 Å². The second-order valence-electron chi connectivity index (χ2n) is 12.5. The Labute approximate surface area is 271 Å². The molecule has 1 unspecified atom stereocenters. The highest BCUT2D eigenvalue weighted by molar-refractivity contribution is 5.80. The van der Waals surface area contributed by atoms with Gasteiger partial charge in [-0.25, -0.2) is 0 Å². The number of amides is 1. The molecule has 0 saturated heterocycles. The Hall–Kier alpha value is -2.11. The molecule has 0 aromatic rings. The van der Waals surface area contributed by atoms with Crippen molar-refractivity contribution in [2.24, 2.45) is 0 Å². The molecule has 0 heterocycles. The fourth-order valence-electron chi connectivity index (χ4n) is 5.30. The lowest BCUT2D eigenvalue weighted by Gasteiger charge is -2.15. The lowest BCUT2D eigenvalue weighted by molar-refractivity contribution is -0.147. The van der Waals surface area contributed by atoms with E-state index in [4.69, 9.17) is 9.84 Å². The van der Waals surface area contributed by atoms with E-state index in [9.17, 15) is 14.4 Å². The zero-order valence-electron chi connectivity index (χ0n) is 28.8. The molecule has 0 spiro atoms. The van der Waals surface area contributed by atoms with E-state index in [2.05, 4.69) is 43.5 Å². The maximum absolute atomic E-state index is 12.6. The molecule has 0 radical (unpaired) electrons. The monoisotopic (exact) mass is 620 g/mol. The Bertz CT molecular complexity index is 733. The van der Waals surface area contributed by atoms with Gasteiger partial charge in [0.2, 0.25) is 5.91 Å². The smallest absolute Gasteiger partial charge is 0.322 e.